The highest BCUT2D eigenvalue weighted by molar-refractivity contribution is 6.25. The molecule has 0 saturated heterocycles. The van der Waals surface area contributed by atoms with Crippen molar-refractivity contribution >= 4 is 17.3 Å². The minimum Gasteiger partial charge on any atom is -0.510 e. The Hall–Kier alpha value is -3.01. The van der Waals surface area contributed by atoms with E-state index in [0.29, 0.717) is 0 Å². The fourth-order valence-electron chi connectivity index (χ4n) is 5.72. The van der Waals surface area contributed by atoms with E-state index in [0.717, 1.165) is 0 Å². The summed E-state index contributed by atoms with van der Waals surface area (Å²) in [5.74, 6) is -6.81. The van der Waals surface area contributed by atoms with E-state index >= 15 is 0 Å². The zero-order chi connectivity index (χ0) is 24.6. The van der Waals surface area contributed by atoms with Gasteiger partial charge >= 0.3 is 0 Å². The largest absolute Gasteiger partial charge is 0.510 e. The van der Waals surface area contributed by atoms with E-state index in [9.17, 15) is 39.9 Å². The van der Waals surface area contributed by atoms with Gasteiger partial charge in [-0.05, 0) is 39.1 Å². The minimum atomic E-state index is -2.67. The van der Waals surface area contributed by atoms with Gasteiger partial charge in [0.25, 0.3) is 0 Å². The van der Waals surface area contributed by atoms with Crippen molar-refractivity contribution in [3.63, 3.8) is 0 Å². The number of hydrogen-bond acceptors (Lipinski definition) is 9. The van der Waals surface area contributed by atoms with Gasteiger partial charge in [-0.2, -0.15) is 0 Å². The maximum absolute atomic E-state index is 13.4. The predicted molar refractivity (Wildman–Crippen MR) is 116 cm³/mol. The van der Waals surface area contributed by atoms with Gasteiger partial charge in [0.1, 0.15) is 22.8 Å². The summed E-state index contributed by atoms with van der Waals surface area (Å²) in [7, 11) is 3.16. The van der Waals surface area contributed by atoms with Crippen LogP contribution in [0, 0.1) is 11.8 Å². The molecule has 1 aromatic rings. The van der Waals surface area contributed by atoms with Crippen LogP contribution in [0.4, 0.5) is 0 Å². The number of aliphatic hydroxyl groups is 4. The number of fused-ring (bicyclic) bond motifs is 3. The third kappa shape index (κ3) is 2.79. The molecule has 5 N–H and O–H groups in total. The van der Waals surface area contributed by atoms with Gasteiger partial charge in [0.15, 0.2) is 17.2 Å². The molecule has 0 fully saturated rings. The van der Waals surface area contributed by atoms with Gasteiger partial charge in [0, 0.05) is 23.8 Å². The molecule has 3 aliphatic carbocycles. The fraction of sp³-hybridized carbons (Fsp3) is 0.458. The number of likely N-dealkylation sites (N-methyl/N-ethyl adjacent to an activating group) is 1. The number of Topliss-reactive ketones (excluding diaryl/α,β-unsaturated/α-hetero) is 3. The summed E-state index contributed by atoms with van der Waals surface area (Å²) >= 11 is 0. The Morgan fingerprint density at radius 3 is 2.36 bits per heavy atom. The number of phenols is 1. The lowest BCUT2D eigenvalue weighted by atomic mass is 9.55. The Morgan fingerprint density at radius 2 is 1.79 bits per heavy atom. The molecule has 0 saturated carbocycles. The van der Waals surface area contributed by atoms with Crippen molar-refractivity contribution in [2.75, 3.05) is 14.1 Å². The quantitative estimate of drug-likeness (QED) is 0.422. The zero-order valence-corrected chi connectivity index (χ0v) is 18.8. The highest BCUT2D eigenvalue weighted by atomic mass is 16.3. The summed E-state index contributed by atoms with van der Waals surface area (Å²) in [5, 5.41) is 55.6. The molecule has 1 aromatic carbocycles. The summed E-state index contributed by atoms with van der Waals surface area (Å²) in [6.45, 7) is 2.92. The maximum Gasteiger partial charge on any atom is 0.209 e. The number of hydrogen-bond donors (Lipinski definition) is 5. The predicted octanol–water partition coefficient (Wildman–Crippen LogP) is 1.28. The smallest absolute Gasteiger partial charge is 0.209 e. The summed E-state index contributed by atoms with van der Waals surface area (Å²) < 4.78 is 0. The lowest BCUT2D eigenvalue weighted by molar-refractivity contribution is -0.152. The summed E-state index contributed by atoms with van der Waals surface area (Å²) in [4.78, 5) is 40.8. The molecule has 4 rings (SSSR count). The molecule has 176 valence electrons. The number of phenolic OH excluding ortho intramolecular Hbond substituents is 1. The highest BCUT2D eigenvalue weighted by Gasteiger charge is 2.65. The van der Waals surface area contributed by atoms with Gasteiger partial charge < -0.3 is 25.5 Å². The number of aromatic hydroxyl groups is 1. The molecule has 5 atom stereocenters. The van der Waals surface area contributed by atoms with E-state index in [1.54, 1.807) is 14.1 Å². The first-order valence-electron chi connectivity index (χ1n) is 10.7. The molecule has 0 spiro atoms. The second-order valence-corrected chi connectivity index (χ2v) is 9.37. The first-order valence-corrected chi connectivity index (χ1v) is 10.7. The molecule has 0 radical (unpaired) electrons. The fourth-order valence-corrected chi connectivity index (χ4v) is 5.72. The topological polar surface area (TPSA) is 156 Å². The Balaban J connectivity index is 2.04. The van der Waals surface area contributed by atoms with Crippen molar-refractivity contribution in [1.82, 2.24) is 4.90 Å². The van der Waals surface area contributed by atoms with Crippen LogP contribution in [0.25, 0.3) is 0 Å². The van der Waals surface area contributed by atoms with Crippen LogP contribution >= 0.6 is 0 Å². The van der Waals surface area contributed by atoms with Crippen molar-refractivity contribution in [2.45, 2.75) is 43.9 Å². The number of aliphatic hydroxyl groups excluding tert-OH is 2. The number of benzene rings is 1. The van der Waals surface area contributed by atoms with Crippen LogP contribution in [0.15, 0.2) is 40.9 Å². The average molecular weight is 457 g/mol. The van der Waals surface area contributed by atoms with Gasteiger partial charge in [-0.15, -0.1) is 0 Å². The number of carbonyl (C=O) groups is 3. The van der Waals surface area contributed by atoms with E-state index in [1.165, 1.54) is 36.9 Å². The number of rotatable bonds is 3. The average Bonchev–Trinajstić information content (AvgIpc) is 2.74. The standard InChI is InChI=1S/C24H27NO8/c1-5-13(26)17-20(29)18(25(3)4)12-9-11-16(21(30)24(12,33)22(17)31)19(28)15-10(23(11,2)32)7-6-8-14(15)27/h6-8,11-12,18,27,29-30,32-33H,5,9H2,1-4H3. The highest BCUT2D eigenvalue weighted by Crippen LogP contribution is 2.56. The van der Waals surface area contributed by atoms with Crippen LogP contribution in [0.5, 0.6) is 5.75 Å². The Kier molecular flexibility index (Phi) is 5.08. The van der Waals surface area contributed by atoms with Gasteiger partial charge in [0.2, 0.25) is 5.78 Å². The number of carbonyl (C=O) groups excluding carboxylic acids is 3. The lowest BCUT2D eigenvalue weighted by Gasteiger charge is -2.52. The van der Waals surface area contributed by atoms with Crippen molar-refractivity contribution in [3.05, 3.63) is 52.0 Å². The van der Waals surface area contributed by atoms with E-state index in [2.05, 4.69) is 0 Å². The summed E-state index contributed by atoms with van der Waals surface area (Å²) in [6, 6.07) is 3.19. The second kappa shape index (κ2) is 7.24. The SMILES string of the molecule is CCC(=O)C1=C(O)C(N(C)C)C2CC3C(=C(O)C2(O)C1=O)C(=O)c1c(O)cccc1C3(C)O. The van der Waals surface area contributed by atoms with Crippen LogP contribution in [0.2, 0.25) is 0 Å². The maximum atomic E-state index is 13.4. The van der Waals surface area contributed by atoms with Crippen LogP contribution in [0.3, 0.4) is 0 Å². The van der Waals surface area contributed by atoms with Gasteiger partial charge in [-0.1, -0.05) is 19.1 Å². The van der Waals surface area contributed by atoms with E-state index in [-0.39, 0.29) is 29.5 Å². The molecule has 3 aliphatic rings. The first kappa shape index (κ1) is 23.2. The molecule has 0 amide bonds. The minimum absolute atomic E-state index is 0.124. The third-order valence-corrected chi connectivity index (χ3v) is 7.38. The Morgan fingerprint density at radius 1 is 1.15 bits per heavy atom. The van der Waals surface area contributed by atoms with Crippen LogP contribution in [0.1, 0.15) is 42.6 Å². The van der Waals surface area contributed by atoms with Crippen LogP contribution < -0.4 is 0 Å². The number of ketones is 3. The molecule has 0 aromatic heterocycles. The lowest BCUT2D eigenvalue weighted by Crippen LogP contribution is -2.64. The molecule has 5 unspecified atom stereocenters. The monoisotopic (exact) mass is 457 g/mol. The zero-order valence-electron chi connectivity index (χ0n) is 18.8. The molecule has 9 nitrogen and oxygen atoms in total. The molecule has 0 aliphatic heterocycles. The van der Waals surface area contributed by atoms with Crippen LogP contribution in [-0.2, 0) is 15.2 Å². The third-order valence-electron chi connectivity index (χ3n) is 7.38. The molecular formula is C24H27NO8. The molecule has 0 bridgehead atoms. The molecule has 0 heterocycles. The number of nitrogens with zero attached hydrogens (tertiary/aromatic N) is 1. The normalized spacial score (nSPS) is 33.7. The molecule has 9 heteroatoms. The Bertz CT molecular complexity index is 1160. The van der Waals surface area contributed by atoms with Crippen molar-refractivity contribution in [1.29, 1.82) is 0 Å². The molecule has 33 heavy (non-hydrogen) atoms. The summed E-state index contributed by atoms with van der Waals surface area (Å²) in [6.07, 6.45) is -0.281. The van der Waals surface area contributed by atoms with E-state index in [1.807, 2.05) is 0 Å². The first-order chi connectivity index (χ1) is 15.3. The van der Waals surface area contributed by atoms with E-state index in [4.69, 9.17) is 0 Å². The van der Waals surface area contributed by atoms with Crippen LogP contribution in [-0.4, -0.2) is 73.5 Å². The van der Waals surface area contributed by atoms with Crippen molar-refractivity contribution in [2.24, 2.45) is 11.8 Å². The van der Waals surface area contributed by atoms with Crippen molar-refractivity contribution in [3.8, 4) is 5.75 Å². The van der Waals surface area contributed by atoms with E-state index < -0.39 is 69.3 Å². The summed E-state index contributed by atoms with van der Waals surface area (Å²) in [5.41, 5.74) is -5.48. The van der Waals surface area contributed by atoms with Gasteiger partial charge in [-0.3, -0.25) is 19.3 Å². The Labute approximate surface area is 190 Å². The van der Waals surface area contributed by atoms with Crippen molar-refractivity contribution < 1.29 is 39.9 Å². The molecular weight excluding hydrogens is 430 g/mol. The van der Waals surface area contributed by atoms with Gasteiger partial charge in [0.05, 0.1) is 17.2 Å². The van der Waals surface area contributed by atoms with Gasteiger partial charge in [-0.25, -0.2) is 0 Å². The second-order valence-electron chi connectivity index (χ2n) is 9.37.